The van der Waals surface area contributed by atoms with Gasteiger partial charge in [0.25, 0.3) is 0 Å². The van der Waals surface area contributed by atoms with Gasteiger partial charge in [0.15, 0.2) is 0 Å². The predicted octanol–water partition coefficient (Wildman–Crippen LogP) is 1.30. The molecule has 2 atom stereocenters. The molecule has 0 aromatic heterocycles. The van der Waals surface area contributed by atoms with Crippen LogP contribution in [0.25, 0.3) is 0 Å². The molecule has 0 bridgehead atoms. The third kappa shape index (κ3) is 1.10. The van der Waals surface area contributed by atoms with Crippen molar-refractivity contribution < 1.29 is 0 Å². The monoisotopic (exact) mass is 111 g/mol. The Morgan fingerprint density at radius 1 is 1.38 bits per heavy atom. The first-order valence-electron chi connectivity index (χ1n) is 3.21. The van der Waals surface area contributed by atoms with E-state index in [1.807, 2.05) is 0 Å². The van der Waals surface area contributed by atoms with Crippen LogP contribution in [0.3, 0.4) is 0 Å². The van der Waals surface area contributed by atoms with E-state index in [9.17, 15) is 0 Å². The molecule has 0 saturated carbocycles. The van der Waals surface area contributed by atoms with Gasteiger partial charge >= 0.3 is 0 Å². The normalized spacial score (nSPS) is 37.8. The summed E-state index contributed by atoms with van der Waals surface area (Å²) in [6.45, 7) is 2.20. The van der Waals surface area contributed by atoms with E-state index in [4.69, 9.17) is 5.73 Å². The smallest absolute Gasteiger partial charge is 0.0102 e. The topological polar surface area (TPSA) is 26.0 Å². The Balaban J connectivity index is 2.44. The minimum atomic E-state index is 0.417. The Kier molecular flexibility index (Phi) is 1.69. The van der Waals surface area contributed by atoms with Crippen molar-refractivity contribution in [2.24, 2.45) is 11.7 Å². The Labute approximate surface area is 50.6 Å². The summed E-state index contributed by atoms with van der Waals surface area (Å²) in [6, 6.07) is 0.417. The second kappa shape index (κ2) is 2.31. The standard InChI is InChI=1S/C7H13N/c1-6-4-2-3-5-7(6)8/h2-3,6-7H,4-5,8H2,1H3/t6-,7-/m0/s1. The van der Waals surface area contributed by atoms with Crippen molar-refractivity contribution >= 4 is 0 Å². The molecule has 1 aliphatic carbocycles. The Morgan fingerprint density at radius 3 is 2.38 bits per heavy atom. The van der Waals surface area contributed by atoms with Gasteiger partial charge in [0, 0.05) is 6.04 Å². The van der Waals surface area contributed by atoms with Crippen molar-refractivity contribution in [1.82, 2.24) is 0 Å². The van der Waals surface area contributed by atoms with E-state index in [1.54, 1.807) is 0 Å². The number of hydrogen-bond donors (Lipinski definition) is 1. The molecule has 0 aromatic carbocycles. The third-order valence-electron chi connectivity index (χ3n) is 1.81. The number of allylic oxidation sites excluding steroid dienone is 1. The van der Waals surface area contributed by atoms with Gasteiger partial charge in [-0.3, -0.25) is 0 Å². The summed E-state index contributed by atoms with van der Waals surface area (Å²) in [5.41, 5.74) is 5.73. The molecular formula is C7H13N. The van der Waals surface area contributed by atoms with Crippen molar-refractivity contribution in [3.63, 3.8) is 0 Å². The van der Waals surface area contributed by atoms with Crippen molar-refractivity contribution in [1.29, 1.82) is 0 Å². The van der Waals surface area contributed by atoms with Crippen molar-refractivity contribution in [3.8, 4) is 0 Å². The predicted molar refractivity (Wildman–Crippen MR) is 35.5 cm³/mol. The van der Waals surface area contributed by atoms with Gasteiger partial charge in [-0.05, 0) is 18.8 Å². The van der Waals surface area contributed by atoms with Gasteiger partial charge in [0.2, 0.25) is 0 Å². The summed E-state index contributed by atoms with van der Waals surface area (Å²) in [4.78, 5) is 0. The number of nitrogens with two attached hydrogens (primary N) is 1. The third-order valence-corrected chi connectivity index (χ3v) is 1.81. The van der Waals surface area contributed by atoms with Crippen LogP contribution in [0.2, 0.25) is 0 Å². The van der Waals surface area contributed by atoms with Crippen LogP contribution in [0.4, 0.5) is 0 Å². The molecule has 2 N–H and O–H groups in total. The first-order chi connectivity index (χ1) is 3.80. The van der Waals surface area contributed by atoms with E-state index in [0.29, 0.717) is 12.0 Å². The first-order valence-corrected chi connectivity index (χ1v) is 3.21. The maximum Gasteiger partial charge on any atom is 0.0102 e. The summed E-state index contributed by atoms with van der Waals surface area (Å²) in [5, 5.41) is 0. The average molecular weight is 111 g/mol. The fourth-order valence-corrected chi connectivity index (χ4v) is 0.971. The Morgan fingerprint density at radius 2 is 2.00 bits per heavy atom. The quantitative estimate of drug-likeness (QED) is 0.468. The van der Waals surface area contributed by atoms with Gasteiger partial charge in [-0.25, -0.2) is 0 Å². The second-order valence-electron chi connectivity index (χ2n) is 2.58. The van der Waals surface area contributed by atoms with E-state index in [-0.39, 0.29) is 0 Å². The summed E-state index contributed by atoms with van der Waals surface area (Å²) in [7, 11) is 0. The lowest BCUT2D eigenvalue weighted by molar-refractivity contribution is 0.446. The molecule has 1 heteroatoms. The molecule has 0 radical (unpaired) electrons. The summed E-state index contributed by atoms with van der Waals surface area (Å²) in [6.07, 6.45) is 6.63. The van der Waals surface area contributed by atoms with Crippen LogP contribution in [0, 0.1) is 5.92 Å². The maximum atomic E-state index is 5.73. The summed E-state index contributed by atoms with van der Waals surface area (Å²) in [5.74, 6) is 0.694. The Bertz CT molecular complexity index is 84.6. The molecule has 0 fully saturated rings. The molecule has 0 amide bonds. The number of rotatable bonds is 0. The zero-order chi connectivity index (χ0) is 5.98. The zero-order valence-electron chi connectivity index (χ0n) is 5.30. The highest BCUT2D eigenvalue weighted by atomic mass is 14.6. The molecule has 0 aliphatic heterocycles. The van der Waals surface area contributed by atoms with Crippen LogP contribution >= 0.6 is 0 Å². The first kappa shape index (κ1) is 5.83. The average Bonchev–Trinajstić information content (AvgIpc) is 1.77. The molecule has 0 heterocycles. The van der Waals surface area contributed by atoms with Crippen LogP contribution < -0.4 is 5.73 Å². The lowest BCUT2D eigenvalue weighted by Gasteiger charge is -2.19. The Hall–Kier alpha value is -0.300. The van der Waals surface area contributed by atoms with Crippen molar-refractivity contribution in [3.05, 3.63) is 12.2 Å². The molecule has 0 saturated heterocycles. The number of hydrogen-bond acceptors (Lipinski definition) is 1. The maximum absolute atomic E-state index is 5.73. The largest absolute Gasteiger partial charge is 0.327 e. The molecule has 46 valence electrons. The van der Waals surface area contributed by atoms with Gasteiger partial charge in [0.05, 0.1) is 0 Å². The van der Waals surface area contributed by atoms with Gasteiger partial charge < -0.3 is 5.73 Å². The van der Waals surface area contributed by atoms with Gasteiger partial charge in [-0.15, -0.1) is 0 Å². The van der Waals surface area contributed by atoms with Gasteiger partial charge in [0.1, 0.15) is 0 Å². The van der Waals surface area contributed by atoms with Crippen LogP contribution in [-0.2, 0) is 0 Å². The SMILES string of the molecule is C[C@H]1CC=CC[C@@H]1N. The molecule has 0 aromatic rings. The van der Waals surface area contributed by atoms with Crippen molar-refractivity contribution in [2.45, 2.75) is 25.8 Å². The minimum absolute atomic E-state index is 0.417. The van der Waals surface area contributed by atoms with E-state index in [0.717, 1.165) is 6.42 Å². The molecule has 0 unspecified atom stereocenters. The van der Waals surface area contributed by atoms with E-state index < -0.39 is 0 Å². The highest BCUT2D eigenvalue weighted by Crippen LogP contribution is 2.15. The van der Waals surface area contributed by atoms with E-state index in [1.165, 1.54) is 6.42 Å². The van der Waals surface area contributed by atoms with Crippen molar-refractivity contribution in [2.75, 3.05) is 0 Å². The fourth-order valence-electron chi connectivity index (χ4n) is 0.971. The zero-order valence-corrected chi connectivity index (χ0v) is 5.30. The van der Waals surface area contributed by atoms with Crippen LogP contribution in [-0.4, -0.2) is 6.04 Å². The van der Waals surface area contributed by atoms with Crippen LogP contribution in [0.15, 0.2) is 12.2 Å². The highest BCUT2D eigenvalue weighted by molar-refractivity contribution is 4.94. The lowest BCUT2D eigenvalue weighted by atomic mass is 9.92. The minimum Gasteiger partial charge on any atom is -0.327 e. The molecule has 1 rings (SSSR count). The molecular weight excluding hydrogens is 98.1 g/mol. The summed E-state index contributed by atoms with van der Waals surface area (Å²) < 4.78 is 0. The van der Waals surface area contributed by atoms with Gasteiger partial charge in [-0.2, -0.15) is 0 Å². The van der Waals surface area contributed by atoms with Crippen LogP contribution in [0.5, 0.6) is 0 Å². The highest BCUT2D eigenvalue weighted by Gasteiger charge is 2.11. The summed E-state index contributed by atoms with van der Waals surface area (Å²) >= 11 is 0. The molecule has 0 spiro atoms. The second-order valence-corrected chi connectivity index (χ2v) is 2.58. The van der Waals surface area contributed by atoms with E-state index in [2.05, 4.69) is 19.1 Å². The molecule has 1 aliphatic rings. The molecule has 1 nitrogen and oxygen atoms in total. The van der Waals surface area contributed by atoms with Crippen LogP contribution in [0.1, 0.15) is 19.8 Å². The van der Waals surface area contributed by atoms with E-state index >= 15 is 0 Å². The fraction of sp³-hybridized carbons (Fsp3) is 0.714. The lowest BCUT2D eigenvalue weighted by Crippen LogP contribution is -2.28. The van der Waals surface area contributed by atoms with Gasteiger partial charge in [-0.1, -0.05) is 19.1 Å². The molecule has 8 heavy (non-hydrogen) atoms.